The Morgan fingerprint density at radius 2 is 2.41 bits per heavy atom. The summed E-state index contributed by atoms with van der Waals surface area (Å²) in [4.78, 5) is 8.15. The Balaban J connectivity index is 1.85. The lowest BCUT2D eigenvalue weighted by Gasteiger charge is -2.30. The minimum Gasteiger partial charge on any atom is -0.387 e. The van der Waals surface area contributed by atoms with E-state index >= 15 is 0 Å². The normalized spacial score (nSPS) is 25.7. The summed E-state index contributed by atoms with van der Waals surface area (Å²) in [6, 6.07) is 1.14. The van der Waals surface area contributed by atoms with Gasteiger partial charge in [0.25, 0.3) is 0 Å². The monoisotopic (exact) mass is 344 g/mol. The zero-order valence-electron chi connectivity index (χ0n) is 9.67. The van der Waals surface area contributed by atoms with E-state index in [0.717, 1.165) is 6.42 Å². The summed E-state index contributed by atoms with van der Waals surface area (Å²) < 4.78 is 3.98. The summed E-state index contributed by atoms with van der Waals surface area (Å²) >= 11 is 2.11. The molecule has 0 aliphatic heterocycles. The number of nitrogens with one attached hydrogen (secondary N) is 1. The van der Waals surface area contributed by atoms with Gasteiger partial charge in [0.1, 0.15) is 0 Å². The molecule has 1 heterocycles. The highest BCUT2D eigenvalue weighted by atomic mass is 127. The van der Waals surface area contributed by atoms with E-state index in [1.165, 1.54) is 19.3 Å². The van der Waals surface area contributed by atoms with E-state index in [0.29, 0.717) is 12.1 Å². The van der Waals surface area contributed by atoms with Gasteiger partial charge >= 0.3 is 0 Å². The molecule has 0 amide bonds. The first-order valence-electron chi connectivity index (χ1n) is 5.90. The fraction of sp³-hybridized carbons (Fsp3) is 0.500. The number of aliphatic imine (C=N–C) groups is 1. The summed E-state index contributed by atoms with van der Waals surface area (Å²) in [6.07, 6.45) is 14.5. The number of hydrogen-bond donors (Lipinski definition) is 1. The van der Waals surface area contributed by atoms with Crippen LogP contribution in [-0.4, -0.2) is 19.8 Å². The zero-order valence-corrected chi connectivity index (χ0v) is 11.8. The molecule has 1 aliphatic rings. The molecule has 5 heteroatoms. The van der Waals surface area contributed by atoms with E-state index in [1.807, 2.05) is 18.7 Å². The number of nitrogens with zero attached hydrogens (tertiary/aromatic N) is 3. The highest BCUT2D eigenvalue weighted by Gasteiger charge is 2.21. The van der Waals surface area contributed by atoms with Crippen molar-refractivity contribution < 1.29 is 0 Å². The molecule has 1 saturated carbocycles. The maximum Gasteiger partial charge on any atom is 0.0948 e. The minimum atomic E-state index is 0.553. The molecular formula is C12H17IN4. The second-order valence-electron chi connectivity index (χ2n) is 4.26. The third-order valence-electron chi connectivity index (χ3n) is 3.14. The lowest BCUT2D eigenvalue weighted by Crippen LogP contribution is -2.31. The first-order valence-corrected chi connectivity index (χ1v) is 7.15. The second-order valence-corrected chi connectivity index (χ2v) is 4.81. The van der Waals surface area contributed by atoms with Crippen molar-refractivity contribution in [2.45, 2.75) is 37.8 Å². The molecule has 0 bridgehead atoms. The van der Waals surface area contributed by atoms with E-state index in [9.17, 15) is 0 Å². The van der Waals surface area contributed by atoms with Crippen LogP contribution in [0, 0.1) is 0 Å². The molecular weight excluding hydrogens is 327 g/mol. The topological polar surface area (TPSA) is 42.2 Å². The van der Waals surface area contributed by atoms with Crippen molar-refractivity contribution in [1.82, 2.24) is 14.9 Å². The standard InChI is InChI=1S/C12H17IN4/c13-9-14-4-5-16-11-2-1-3-12(8-11)17-7-6-15-10-17/h4-7,9-12,16H,1-3,8H2/b5-4-,14-9?/t11-,12?/m0/s1. The zero-order chi connectivity index (χ0) is 11.9. The molecule has 92 valence electrons. The van der Waals surface area contributed by atoms with Crippen molar-refractivity contribution in [3.05, 3.63) is 31.1 Å². The number of aromatic nitrogens is 2. The maximum atomic E-state index is 4.12. The van der Waals surface area contributed by atoms with Gasteiger partial charge in [0.05, 0.1) is 10.5 Å². The third kappa shape index (κ3) is 3.83. The van der Waals surface area contributed by atoms with Crippen LogP contribution in [0.3, 0.4) is 0 Å². The molecule has 1 aliphatic carbocycles. The Labute approximate surface area is 115 Å². The van der Waals surface area contributed by atoms with Gasteiger partial charge in [-0.25, -0.2) is 4.98 Å². The van der Waals surface area contributed by atoms with Crippen molar-refractivity contribution in [2.75, 3.05) is 0 Å². The molecule has 1 aromatic heterocycles. The van der Waals surface area contributed by atoms with Crippen LogP contribution < -0.4 is 5.32 Å². The molecule has 2 rings (SSSR count). The number of rotatable bonds is 4. The molecule has 0 aromatic carbocycles. The predicted molar refractivity (Wildman–Crippen MR) is 78.3 cm³/mol. The Hall–Kier alpha value is -0.850. The lowest BCUT2D eigenvalue weighted by atomic mass is 9.91. The quantitative estimate of drug-likeness (QED) is 0.674. The Morgan fingerprint density at radius 3 is 3.18 bits per heavy atom. The van der Waals surface area contributed by atoms with Gasteiger partial charge in [0.2, 0.25) is 0 Å². The summed E-state index contributed by atoms with van der Waals surface area (Å²) in [5.74, 6) is 0. The Bertz CT molecular complexity index is 372. The lowest BCUT2D eigenvalue weighted by molar-refractivity contribution is 0.300. The molecule has 1 unspecified atom stereocenters. The molecule has 1 aromatic rings. The molecule has 1 fully saturated rings. The van der Waals surface area contributed by atoms with Crippen molar-refractivity contribution in [1.29, 1.82) is 0 Å². The summed E-state index contributed by atoms with van der Waals surface area (Å²) in [6.45, 7) is 0. The molecule has 17 heavy (non-hydrogen) atoms. The van der Waals surface area contributed by atoms with Crippen LogP contribution in [0.15, 0.2) is 36.1 Å². The maximum absolute atomic E-state index is 4.12. The largest absolute Gasteiger partial charge is 0.387 e. The van der Waals surface area contributed by atoms with Crippen LogP contribution in [0.2, 0.25) is 0 Å². The highest BCUT2D eigenvalue weighted by molar-refractivity contribution is 14.1. The molecule has 0 radical (unpaired) electrons. The van der Waals surface area contributed by atoms with Crippen LogP contribution >= 0.6 is 22.6 Å². The SMILES string of the molecule is IC=N/C=C\N[C@H]1CCCC(n2ccnc2)C1. The minimum absolute atomic E-state index is 0.553. The Morgan fingerprint density at radius 1 is 1.47 bits per heavy atom. The van der Waals surface area contributed by atoms with Crippen LogP contribution in [0.4, 0.5) is 0 Å². The van der Waals surface area contributed by atoms with Gasteiger partial charge in [-0.3, -0.25) is 4.99 Å². The van der Waals surface area contributed by atoms with Crippen LogP contribution in [-0.2, 0) is 0 Å². The van der Waals surface area contributed by atoms with Crippen molar-refractivity contribution >= 4 is 26.8 Å². The molecule has 0 saturated heterocycles. The van der Waals surface area contributed by atoms with E-state index in [1.54, 1.807) is 10.4 Å². The van der Waals surface area contributed by atoms with Gasteiger partial charge < -0.3 is 9.88 Å². The molecule has 2 atom stereocenters. The van der Waals surface area contributed by atoms with E-state index < -0.39 is 0 Å². The fourth-order valence-corrected chi connectivity index (χ4v) is 2.51. The van der Waals surface area contributed by atoms with Gasteiger partial charge in [-0.05, 0) is 48.3 Å². The fourth-order valence-electron chi connectivity index (χ4n) is 2.33. The van der Waals surface area contributed by atoms with Crippen molar-refractivity contribution in [3.63, 3.8) is 0 Å². The smallest absolute Gasteiger partial charge is 0.0948 e. The summed E-state index contributed by atoms with van der Waals surface area (Å²) in [5.41, 5.74) is 0. The van der Waals surface area contributed by atoms with Gasteiger partial charge in [-0.1, -0.05) is 0 Å². The van der Waals surface area contributed by atoms with Gasteiger partial charge in [-0.15, -0.1) is 0 Å². The third-order valence-corrected chi connectivity index (χ3v) is 3.46. The summed E-state index contributed by atoms with van der Waals surface area (Å²) in [5, 5.41) is 3.42. The second kappa shape index (κ2) is 6.78. The van der Waals surface area contributed by atoms with Gasteiger partial charge in [0, 0.05) is 36.9 Å². The first-order chi connectivity index (χ1) is 8.40. The Kier molecular flexibility index (Phi) is 5.03. The van der Waals surface area contributed by atoms with Gasteiger partial charge in [0.15, 0.2) is 0 Å². The van der Waals surface area contributed by atoms with Crippen LogP contribution in [0.1, 0.15) is 31.7 Å². The van der Waals surface area contributed by atoms with Crippen LogP contribution in [0.5, 0.6) is 0 Å². The van der Waals surface area contributed by atoms with Crippen molar-refractivity contribution in [3.8, 4) is 0 Å². The number of imidazole rings is 1. The van der Waals surface area contributed by atoms with E-state index in [-0.39, 0.29) is 0 Å². The number of hydrogen-bond acceptors (Lipinski definition) is 3. The van der Waals surface area contributed by atoms with E-state index in [4.69, 9.17) is 0 Å². The van der Waals surface area contributed by atoms with Gasteiger partial charge in [-0.2, -0.15) is 0 Å². The molecule has 0 spiro atoms. The predicted octanol–water partition coefficient (Wildman–Crippen LogP) is 2.89. The number of halogens is 1. The van der Waals surface area contributed by atoms with Crippen LogP contribution in [0.25, 0.3) is 0 Å². The highest BCUT2D eigenvalue weighted by Crippen LogP contribution is 2.28. The molecule has 1 N–H and O–H groups in total. The summed E-state index contributed by atoms with van der Waals surface area (Å²) in [7, 11) is 0. The molecule has 4 nitrogen and oxygen atoms in total. The average Bonchev–Trinajstić information content (AvgIpc) is 2.89. The first kappa shape index (κ1) is 12.6. The average molecular weight is 344 g/mol. The van der Waals surface area contributed by atoms with Crippen molar-refractivity contribution in [2.24, 2.45) is 4.99 Å². The van der Waals surface area contributed by atoms with E-state index in [2.05, 4.69) is 48.6 Å².